The quantitative estimate of drug-likeness (QED) is 0.151. The van der Waals surface area contributed by atoms with Crippen LogP contribution in [0.1, 0.15) is 111 Å². The summed E-state index contributed by atoms with van der Waals surface area (Å²) in [5, 5.41) is 22.1. The van der Waals surface area contributed by atoms with E-state index in [-0.39, 0.29) is 42.2 Å². The maximum atomic E-state index is 10.1. The van der Waals surface area contributed by atoms with E-state index in [1.807, 2.05) is 0 Å². The van der Waals surface area contributed by atoms with E-state index in [0.717, 1.165) is 38.5 Å². The molecule has 2 fully saturated rings. The van der Waals surface area contributed by atoms with E-state index < -0.39 is 14.4 Å². The minimum Gasteiger partial charge on any atom is -0.402 e. The molecule has 0 spiro atoms. The van der Waals surface area contributed by atoms with Crippen LogP contribution in [0.2, 0.25) is 5.04 Å². The Morgan fingerprint density at radius 1 is 0.744 bits per heavy atom. The third-order valence-corrected chi connectivity index (χ3v) is 14.8. The first kappa shape index (κ1) is 34.3. The van der Waals surface area contributed by atoms with Crippen LogP contribution in [0.4, 0.5) is 0 Å². The summed E-state index contributed by atoms with van der Waals surface area (Å²) in [6, 6.07) is 21.9. The zero-order valence-electron chi connectivity index (χ0n) is 27.3. The largest absolute Gasteiger partial charge is 0.402 e. The summed E-state index contributed by atoms with van der Waals surface area (Å²) in [5.41, 5.74) is 0. The molecule has 2 N–H and O–H groups in total. The number of ether oxygens (including phenoxy) is 2. The second-order valence-electron chi connectivity index (χ2n) is 13.9. The molecule has 2 aliphatic heterocycles. The van der Waals surface area contributed by atoms with Gasteiger partial charge >= 0.3 is 0 Å². The van der Waals surface area contributed by atoms with Gasteiger partial charge in [-0.2, -0.15) is 0 Å². The summed E-state index contributed by atoms with van der Waals surface area (Å²) in [6.45, 7) is 9.06. The third kappa shape index (κ3) is 8.80. The Morgan fingerprint density at radius 3 is 1.74 bits per heavy atom. The predicted molar refractivity (Wildman–Crippen MR) is 179 cm³/mol. The average Bonchev–Trinajstić information content (AvgIpc) is 3.71. The summed E-state index contributed by atoms with van der Waals surface area (Å²) in [4.78, 5) is 0. The lowest BCUT2D eigenvalue weighted by Crippen LogP contribution is -2.68. The minimum absolute atomic E-state index is 0.00312. The Hall–Kier alpha value is -1.54. The van der Waals surface area contributed by atoms with Gasteiger partial charge in [0.15, 0.2) is 0 Å². The molecular weight excluding hydrogens is 552 g/mol. The second kappa shape index (κ2) is 16.7. The van der Waals surface area contributed by atoms with Crippen LogP contribution in [0.5, 0.6) is 0 Å². The first-order chi connectivity index (χ1) is 20.8. The molecule has 0 aliphatic carbocycles. The molecule has 0 saturated carbocycles. The molecule has 4 rings (SSSR count). The number of aliphatic hydroxyl groups is 2. The highest BCUT2D eigenvalue weighted by Crippen LogP contribution is 2.41. The molecule has 0 aromatic heterocycles. The van der Waals surface area contributed by atoms with Gasteiger partial charge in [-0.05, 0) is 47.5 Å². The van der Waals surface area contributed by atoms with E-state index in [1.54, 1.807) is 0 Å². The van der Waals surface area contributed by atoms with Crippen molar-refractivity contribution >= 4 is 18.7 Å². The molecule has 0 bridgehead atoms. The zero-order valence-corrected chi connectivity index (χ0v) is 28.3. The van der Waals surface area contributed by atoms with Crippen LogP contribution in [0, 0.1) is 0 Å². The van der Waals surface area contributed by atoms with Gasteiger partial charge in [0.1, 0.15) is 6.10 Å². The molecule has 0 radical (unpaired) electrons. The summed E-state index contributed by atoms with van der Waals surface area (Å²) in [6.07, 6.45) is 13.7. The summed E-state index contributed by atoms with van der Waals surface area (Å²) < 4.78 is 20.8. The fourth-order valence-corrected chi connectivity index (χ4v) is 12.1. The Bertz CT molecular complexity index is 1000. The van der Waals surface area contributed by atoms with E-state index in [0.29, 0.717) is 0 Å². The molecule has 0 amide bonds. The fourth-order valence-electron chi connectivity index (χ4n) is 7.32. The van der Waals surface area contributed by atoms with Crippen LogP contribution < -0.4 is 10.4 Å². The van der Waals surface area contributed by atoms with Gasteiger partial charge in [-0.15, -0.1) is 0 Å². The highest BCUT2D eigenvalue weighted by Gasteiger charge is 2.53. The van der Waals surface area contributed by atoms with Gasteiger partial charge in [0.05, 0.1) is 37.1 Å². The molecule has 0 unspecified atom stereocenters. The first-order valence-corrected chi connectivity index (χ1v) is 19.1. The monoisotopic (exact) mass is 610 g/mol. The van der Waals surface area contributed by atoms with Gasteiger partial charge in [0.2, 0.25) is 0 Å². The van der Waals surface area contributed by atoms with Crippen molar-refractivity contribution in [3.05, 3.63) is 60.7 Å². The minimum atomic E-state index is -2.73. The van der Waals surface area contributed by atoms with Crippen LogP contribution in [0.3, 0.4) is 0 Å². The first-order valence-electron chi connectivity index (χ1n) is 17.2. The summed E-state index contributed by atoms with van der Waals surface area (Å²) in [7, 11) is -2.73. The predicted octanol–water partition coefficient (Wildman–Crippen LogP) is 6.91. The van der Waals surface area contributed by atoms with E-state index in [4.69, 9.17) is 13.9 Å². The SMILES string of the molecule is CCCCCCCCCC[C@@H](O[Si](c1ccccc1)(c1ccccc1)C(C)(C)C)[C@H]1CC[C@@H]([C@H]2CC[C@H]([C@@H](O)CO)O2)O1. The van der Waals surface area contributed by atoms with Crippen LogP contribution in [-0.2, 0) is 13.9 Å². The molecular formula is C37H58O5Si. The number of hydrogen-bond donors (Lipinski definition) is 2. The van der Waals surface area contributed by atoms with Crippen molar-refractivity contribution in [2.24, 2.45) is 0 Å². The van der Waals surface area contributed by atoms with Gasteiger partial charge in [-0.1, -0.05) is 140 Å². The van der Waals surface area contributed by atoms with Crippen molar-refractivity contribution < 1.29 is 24.1 Å². The Balaban J connectivity index is 1.56. The van der Waals surface area contributed by atoms with Gasteiger partial charge in [-0.25, -0.2) is 0 Å². The third-order valence-electron chi connectivity index (χ3n) is 9.70. The molecule has 2 saturated heterocycles. The van der Waals surface area contributed by atoms with Crippen LogP contribution >= 0.6 is 0 Å². The molecule has 6 atom stereocenters. The lowest BCUT2D eigenvalue weighted by Gasteiger charge is -2.46. The maximum absolute atomic E-state index is 10.1. The highest BCUT2D eigenvalue weighted by molar-refractivity contribution is 6.99. The number of benzene rings is 2. The molecule has 2 aromatic rings. The Labute approximate surface area is 262 Å². The average molecular weight is 611 g/mol. The van der Waals surface area contributed by atoms with Crippen LogP contribution in [0.25, 0.3) is 0 Å². The molecule has 43 heavy (non-hydrogen) atoms. The maximum Gasteiger partial charge on any atom is 0.261 e. The van der Waals surface area contributed by atoms with Crippen molar-refractivity contribution in [1.29, 1.82) is 0 Å². The Kier molecular flexibility index (Phi) is 13.3. The highest BCUT2D eigenvalue weighted by atomic mass is 28.4. The normalized spacial score (nSPS) is 24.3. The van der Waals surface area contributed by atoms with Crippen molar-refractivity contribution in [2.45, 2.75) is 153 Å². The zero-order chi connectivity index (χ0) is 30.7. The van der Waals surface area contributed by atoms with Crippen molar-refractivity contribution in [2.75, 3.05) is 6.61 Å². The number of unbranched alkanes of at least 4 members (excludes halogenated alkanes) is 7. The van der Waals surface area contributed by atoms with Gasteiger partial charge in [0.25, 0.3) is 8.32 Å². The van der Waals surface area contributed by atoms with Crippen LogP contribution in [0.15, 0.2) is 60.7 Å². The topological polar surface area (TPSA) is 68.2 Å². The standard InChI is InChI=1S/C37H58O5Si/c1-5-6-7-8-9-10-11-18-23-36(35-27-26-34(41-35)33-25-24-32(40-33)31(39)28-38)42-43(37(2,3)4,29-19-14-12-15-20-29)30-21-16-13-17-22-30/h12-17,19-22,31-36,38-39H,5-11,18,23-28H2,1-4H3/t31-,32+,33+,34-,35+,36+/m0/s1. The lowest BCUT2D eigenvalue weighted by molar-refractivity contribution is -0.112. The molecule has 2 heterocycles. The van der Waals surface area contributed by atoms with Gasteiger partial charge < -0.3 is 24.1 Å². The molecule has 6 heteroatoms. The Morgan fingerprint density at radius 2 is 1.23 bits per heavy atom. The van der Waals surface area contributed by atoms with Gasteiger partial charge in [-0.3, -0.25) is 0 Å². The molecule has 5 nitrogen and oxygen atoms in total. The molecule has 2 aromatic carbocycles. The van der Waals surface area contributed by atoms with E-state index in [2.05, 4.69) is 88.4 Å². The van der Waals surface area contributed by atoms with Crippen LogP contribution in [-0.4, -0.2) is 61.8 Å². The molecule has 2 aliphatic rings. The number of hydrogen-bond acceptors (Lipinski definition) is 5. The smallest absolute Gasteiger partial charge is 0.261 e. The number of aliphatic hydroxyl groups excluding tert-OH is 2. The van der Waals surface area contributed by atoms with Crippen molar-refractivity contribution in [1.82, 2.24) is 0 Å². The van der Waals surface area contributed by atoms with E-state index >= 15 is 0 Å². The lowest BCUT2D eigenvalue weighted by atomic mass is 10.0. The second-order valence-corrected chi connectivity index (χ2v) is 18.2. The number of rotatable bonds is 17. The summed E-state index contributed by atoms with van der Waals surface area (Å²) in [5.74, 6) is 0. The summed E-state index contributed by atoms with van der Waals surface area (Å²) >= 11 is 0. The molecule has 240 valence electrons. The van der Waals surface area contributed by atoms with Gasteiger partial charge in [0, 0.05) is 0 Å². The van der Waals surface area contributed by atoms with E-state index in [1.165, 1.54) is 55.3 Å². The van der Waals surface area contributed by atoms with Crippen molar-refractivity contribution in [3.63, 3.8) is 0 Å². The fraction of sp³-hybridized carbons (Fsp3) is 0.676. The van der Waals surface area contributed by atoms with E-state index in [9.17, 15) is 10.2 Å². The van der Waals surface area contributed by atoms with Crippen molar-refractivity contribution in [3.8, 4) is 0 Å².